The maximum atomic E-state index is 12.1. The third-order valence-corrected chi connectivity index (χ3v) is 4.32. The fraction of sp³-hybridized carbons (Fsp3) is 0.176. The molecule has 0 aromatic heterocycles. The van der Waals surface area contributed by atoms with Crippen LogP contribution in [-0.2, 0) is 14.8 Å². The molecule has 0 radical (unpaired) electrons. The van der Waals surface area contributed by atoms with E-state index in [0.717, 1.165) is 12.0 Å². The van der Waals surface area contributed by atoms with Crippen molar-refractivity contribution in [1.82, 2.24) is 4.90 Å². The van der Waals surface area contributed by atoms with Gasteiger partial charge in [-0.15, -0.1) is 0 Å². The molecule has 8 heteroatoms. The summed E-state index contributed by atoms with van der Waals surface area (Å²) in [6.45, 7) is 1.87. The van der Waals surface area contributed by atoms with Crippen LogP contribution in [0.2, 0.25) is 0 Å². The molecule has 2 aromatic carbocycles. The summed E-state index contributed by atoms with van der Waals surface area (Å²) in [7, 11) is -0.286. The van der Waals surface area contributed by atoms with E-state index in [1.807, 2.05) is 6.92 Å². The monoisotopic (exact) mass is 364 g/mol. The molecule has 2 N–H and O–H groups in total. The van der Waals surface area contributed by atoms with Crippen molar-refractivity contribution in [2.45, 2.75) is 11.8 Å². The Labute approximate surface area is 147 Å². The van der Waals surface area contributed by atoms with Gasteiger partial charge in [0.25, 0.3) is 10.0 Å². The van der Waals surface area contributed by atoms with Crippen molar-refractivity contribution in [2.75, 3.05) is 18.8 Å². The third-order valence-electron chi connectivity index (χ3n) is 2.93. The molecule has 0 aliphatic rings. The number of carboxylic acid groups (broad SMARTS) is 1. The topological polar surface area (TPSA) is 104 Å². The third kappa shape index (κ3) is 6.64. The summed E-state index contributed by atoms with van der Waals surface area (Å²) >= 11 is 0. The molecule has 0 saturated carbocycles. The molecule has 0 unspecified atom stereocenters. The minimum Gasteiger partial charge on any atom is -0.478 e. The van der Waals surface area contributed by atoms with Gasteiger partial charge >= 0.3 is 5.97 Å². The number of hydrogen-bond acceptors (Lipinski definition) is 4. The quantitative estimate of drug-likeness (QED) is 0.792. The highest BCUT2D eigenvalue weighted by Crippen LogP contribution is 2.17. The van der Waals surface area contributed by atoms with Gasteiger partial charge in [0.2, 0.25) is 6.41 Å². The molecule has 0 heterocycles. The fourth-order valence-electron chi connectivity index (χ4n) is 1.61. The second kappa shape index (κ2) is 8.84. The van der Waals surface area contributed by atoms with Gasteiger partial charge in [-0.1, -0.05) is 17.7 Å². The van der Waals surface area contributed by atoms with E-state index in [1.54, 1.807) is 26.2 Å². The highest BCUT2D eigenvalue weighted by atomic mass is 32.2. The number of carbonyl (C=O) groups is 2. The van der Waals surface area contributed by atoms with Gasteiger partial charge in [-0.05, 0) is 43.3 Å². The molecule has 7 nitrogen and oxygen atoms in total. The highest BCUT2D eigenvalue weighted by molar-refractivity contribution is 7.92. The Bertz CT molecular complexity index is 813. The van der Waals surface area contributed by atoms with Gasteiger partial charge in [0.1, 0.15) is 0 Å². The summed E-state index contributed by atoms with van der Waals surface area (Å²) < 4.78 is 26.6. The maximum Gasteiger partial charge on any atom is 0.335 e. The zero-order valence-corrected chi connectivity index (χ0v) is 14.9. The lowest BCUT2D eigenvalue weighted by Crippen LogP contribution is -2.13. The van der Waals surface area contributed by atoms with Gasteiger partial charge < -0.3 is 10.0 Å². The zero-order valence-electron chi connectivity index (χ0n) is 14.1. The van der Waals surface area contributed by atoms with Crippen molar-refractivity contribution in [3.63, 3.8) is 0 Å². The normalized spacial score (nSPS) is 10.2. The number of aromatic carboxylic acids is 1. The first-order valence-electron chi connectivity index (χ1n) is 7.20. The van der Waals surface area contributed by atoms with Crippen LogP contribution in [0.3, 0.4) is 0 Å². The summed E-state index contributed by atoms with van der Waals surface area (Å²) in [5.74, 6) is -1.06. The second-order valence-electron chi connectivity index (χ2n) is 5.37. The van der Waals surface area contributed by atoms with Crippen LogP contribution >= 0.6 is 0 Å². The van der Waals surface area contributed by atoms with Crippen LogP contribution in [0.1, 0.15) is 15.9 Å². The molecule has 2 rings (SSSR count). The van der Waals surface area contributed by atoms with E-state index in [1.165, 1.54) is 41.3 Å². The van der Waals surface area contributed by atoms with Gasteiger partial charge in [0.05, 0.1) is 10.5 Å². The van der Waals surface area contributed by atoms with Crippen LogP contribution in [0, 0.1) is 6.92 Å². The summed E-state index contributed by atoms with van der Waals surface area (Å²) in [6.07, 6.45) is 0.750. The number of sulfonamides is 1. The Hall–Kier alpha value is -2.87. The molecule has 2 aromatic rings. The number of benzene rings is 2. The Morgan fingerprint density at radius 2 is 1.52 bits per heavy atom. The lowest BCUT2D eigenvalue weighted by atomic mass is 10.2. The van der Waals surface area contributed by atoms with E-state index in [-0.39, 0.29) is 10.5 Å². The Kier molecular flexibility index (Phi) is 7.13. The number of carbonyl (C=O) groups excluding carboxylic acids is 1. The van der Waals surface area contributed by atoms with Gasteiger partial charge in [-0.3, -0.25) is 9.52 Å². The van der Waals surface area contributed by atoms with Crippen molar-refractivity contribution < 1.29 is 23.1 Å². The first kappa shape index (κ1) is 20.2. The summed E-state index contributed by atoms with van der Waals surface area (Å²) in [5.41, 5.74) is 1.38. The Morgan fingerprint density at radius 1 is 1.04 bits per heavy atom. The minimum absolute atomic E-state index is 0.100. The summed E-state index contributed by atoms with van der Waals surface area (Å²) in [4.78, 5) is 21.7. The van der Waals surface area contributed by atoms with E-state index < -0.39 is 16.0 Å². The average Bonchev–Trinajstić information content (AvgIpc) is 2.56. The largest absolute Gasteiger partial charge is 0.478 e. The molecule has 0 bridgehead atoms. The van der Waals surface area contributed by atoms with Crippen LogP contribution in [0.25, 0.3) is 0 Å². The van der Waals surface area contributed by atoms with Crippen LogP contribution in [0.5, 0.6) is 0 Å². The van der Waals surface area contributed by atoms with Crippen LogP contribution < -0.4 is 4.72 Å². The lowest BCUT2D eigenvalue weighted by molar-refractivity contribution is -0.115. The standard InChI is InChI=1S/C14H13NO4S.C3H7NO/c1-10-2-8-13(9-3-10)20(18,19)15-12-6-4-11(5-7-12)14(16)17;1-4(2)3-5/h2-9,15H,1H3,(H,16,17);3H,1-2H3. The highest BCUT2D eigenvalue weighted by Gasteiger charge is 2.14. The van der Waals surface area contributed by atoms with Crippen LogP contribution in [-0.4, -0.2) is 44.9 Å². The SMILES string of the molecule is CN(C)C=O.Cc1ccc(S(=O)(=O)Nc2ccc(C(=O)O)cc2)cc1. The first-order chi connectivity index (χ1) is 11.7. The van der Waals surface area contributed by atoms with Gasteiger partial charge in [0.15, 0.2) is 0 Å². The van der Waals surface area contributed by atoms with E-state index in [9.17, 15) is 18.0 Å². The number of nitrogens with zero attached hydrogens (tertiary/aromatic N) is 1. The van der Waals surface area contributed by atoms with Gasteiger partial charge in [-0.2, -0.15) is 0 Å². The minimum atomic E-state index is -3.66. The molecule has 0 atom stereocenters. The number of rotatable bonds is 5. The Balaban J connectivity index is 0.000000550. The van der Waals surface area contributed by atoms with E-state index in [2.05, 4.69) is 4.72 Å². The number of aryl methyl sites for hydroxylation is 1. The van der Waals surface area contributed by atoms with Gasteiger partial charge in [0, 0.05) is 19.8 Å². The van der Waals surface area contributed by atoms with Crippen LogP contribution in [0.4, 0.5) is 5.69 Å². The molecule has 0 fully saturated rings. The number of hydrogen-bond donors (Lipinski definition) is 2. The summed E-state index contributed by atoms with van der Waals surface area (Å²) in [6, 6.07) is 12.0. The predicted octanol–water partition coefficient (Wildman–Crippen LogP) is 2.20. The van der Waals surface area contributed by atoms with E-state index in [0.29, 0.717) is 5.69 Å². The Morgan fingerprint density at radius 3 is 1.92 bits per heavy atom. The smallest absolute Gasteiger partial charge is 0.335 e. The fourth-order valence-corrected chi connectivity index (χ4v) is 2.67. The molecular weight excluding hydrogens is 344 g/mol. The number of nitrogens with one attached hydrogen (secondary N) is 1. The van der Waals surface area contributed by atoms with Crippen molar-refractivity contribution in [3.8, 4) is 0 Å². The molecule has 0 aliphatic heterocycles. The van der Waals surface area contributed by atoms with Gasteiger partial charge in [-0.25, -0.2) is 13.2 Å². The lowest BCUT2D eigenvalue weighted by Gasteiger charge is -2.08. The zero-order chi connectivity index (χ0) is 19.0. The van der Waals surface area contributed by atoms with Crippen molar-refractivity contribution in [1.29, 1.82) is 0 Å². The van der Waals surface area contributed by atoms with Crippen LogP contribution in [0.15, 0.2) is 53.4 Å². The molecule has 25 heavy (non-hydrogen) atoms. The predicted molar refractivity (Wildman–Crippen MR) is 95.1 cm³/mol. The molecule has 0 saturated heterocycles. The molecule has 0 aliphatic carbocycles. The van der Waals surface area contributed by atoms with Crippen molar-refractivity contribution in [2.24, 2.45) is 0 Å². The molecular formula is C17H20N2O5S. The number of carboxylic acids is 1. The van der Waals surface area contributed by atoms with E-state index in [4.69, 9.17) is 5.11 Å². The summed E-state index contributed by atoms with van der Waals surface area (Å²) in [5, 5.41) is 8.77. The maximum absolute atomic E-state index is 12.1. The average molecular weight is 364 g/mol. The first-order valence-corrected chi connectivity index (χ1v) is 8.68. The number of anilines is 1. The second-order valence-corrected chi connectivity index (χ2v) is 7.05. The van der Waals surface area contributed by atoms with E-state index >= 15 is 0 Å². The van der Waals surface area contributed by atoms with Crippen molar-refractivity contribution in [3.05, 3.63) is 59.7 Å². The number of amides is 1. The van der Waals surface area contributed by atoms with Crippen molar-refractivity contribution >= 4 is 28.1 Å². The molecule has 1 amide bonds. The molecule has 0 spiro atoms. The molecule has 134 valence electrons.